The van der Waals surface area contributed by atoms with Gasteiger partial charge in [-0.1, -0.05) is 22.9 Å². The fourth-order valence-corrected chi connectivity index (χ4v) is 3.84. The molecule has 2 atom stereocenters. The van der Waals surface area contributed by atoms with Crippen molar-refractivity contribution in [3.63, 3.8) is 0 Å². The molecule has 0 bridgehead atoms. The molecule has 152 valence electrons. The van der Waals surface area contributed by atoms with E-state index in [-0.39, 0.29) is 12.6 Å². The Labute approximate surface area is 173 Å². The molecule has 6 nitrogen and oxygen atoms in total. The number of halogens is 2. The van der Waals surface area contributed by atoms with Crippen molar-refractivity contribution in [3.05, 3.63) is 28.4 Å². The molecule has 2 aromatic rings. The fourth-order valence-electron chi connectivity index (χ4n) is 3.32. The molecule has 1 amide bonds. The van der Waals surface area contributed by atoms with Crippen LogP contribution >= 0.6 is 15.9 Å². The summed E-state index contributed by atoms with van der Waals surface area (Å²) in [5, 5.41) is 4.14. The summed E-state index contributed by atoms with van der Waals surface area (Å²) < 4.78 is 20.6. The Hall–Kier alpha value is -1.96. The number of ether oxygens (including phenoxy) is 1. The molecule has 8 heteroatoms. The van der Waals surface area contributed by atoms with E-state index in [9.17, 15) is 9.18 Å². The average Bonchev–Trinajstić information content (AvgIpc) is 2.59. The second kappa shape index (κ2) is 8.19. The molecule has 0 radical (unpaired) electrons. The minimum absolute atomic E-state index is 0.0413. The molecule has 3 rings (SSSR count). The predicted octanol–water partition coefficient (Wildman–Crippen LogP) is 4.71. The normalized spacial score (nSPS) is 20.3. The number of likely N-dealkylation sites (tertiary alicyclic amines) is 1. The van der Waals surface area contributed by atoms with Gasteiger partial charge in [0.1, 0.15) is 11.8 Å². The lowest BCUT2D eigenvalue weighted by Crippen LogP contribution is -2.51. The van der Waals surface area contributed by atoms with Gasteiger partial charge in [0.25, 0.3) is 0 Å². The van der Waals surface area contributed by atoms with Crippen LogP contribution in [0.4, 0.5) is 15.1 Å². The maximum Gasteiger partial charge on any atom is 0.410 e. The number of carbonyl (C=O) groups is 1. The third-order valence-electron chi connectivity index (χ3n) is 4.49. The summed E-state index contributed by atoms with van der Waals surface area (Å²) in [6.07, 6.45) is 1.27. The highest BCUT2D eigenvalue weighted by molar-refractivity contribution is 9.10. The molecular weight excluding hydrogens is 427 g/mol. The van der Waals surface area contributed by atoms with Gasteiger partial charge in [0.2, 0.25) is 5.95 Å². The second-order valence-corrected chi connectivity index (χ2v) is 9.03. The Balaban J connectivity index is 1.77. The molecule has 2 unspecified atom stereocenters. The largest absolute Gasteiger partial charge is 0.444 e. The third-order valence-corrected chi connectivity index (χ3v) is 4.95. The highest BCUT2D eigenvalue weighted by Crippen LogP contribution is 2.25. The summed E-state index contributed by atoms with van der Waals surface area (Å²) in [7, 11) is 0. The van der Waals surface area contributed by atoms with Crippen LogP contribution in [0, 0.1) is 0 Å². The third kappa shape index (κ3) is 5.10. The zero-order valence-corrected chi connectivity index (χ0v) is 18.2. The standard InChI is InChI=1S/C20H26BrFN4O2/c1-5-12-6-14(21)7-13-9-23-18(25-17(12)13)24-16-8-15(22)10-26(11-16)19(27)28-20(2,3)4/h6-7,9,15-16H,5,8,10-11H2,1-4H3,(H,23,24,25). The predicted molar refractivity (Wildman–Crippen MR) is 111 cm³/mol. The van der Waals surface area contributed by atoms with E-state index in [0.29, 0.717) is 18.9 Å². The molecular formula is C20H26BrFN4O2. The average molecular weight is 453 g/mol. The van der Waals surface area contributed by atoms with Crippen LogP contribution in [0.5, 0.6) is 0 Å². The van der Waals surface area contributed by atoms with Crippen LogP contribution in [0.1, 0.15) is 39.7 Å². The SMILES string of the molecule is CCc1cc(Br)cc2cnc(NC3CC(F)CN(C(=O)OC(C)(C)C)C3)nc12. The van der Waals surface area contributed by atoms with Crippen molar-refractivity contribution in [2.24, 2.45) is 0 Å². The number of aromatic nitrogens is 2. The molecule has 1 aliphatic heterocycles. The molecule has 0 saturated carbocycles. The molecule has 1 saturated heterocycles. The van der Waals surface area contributed by atoms with Crippen LogP contribution in [0.3, 0.4) is 0 Å². The van der Waals surface area contributed by atoms with Gasteiger partial charge in [-0.15, -0.1) is 0 Å². The van der Waals surface area contributed by atoms with Crippen LogP contribution in [0.25, 0.3) is 10.9 Å². The van der Waals surface area contributed by atoms with Gasteiger partial charge in [0.15, 0.2) is 0 Å². The quantitative estimate of drug-likeness (QED) is 0.729. The van der Waals surface area contributed by atoms with Crippen LogP contribution in [0.15, 0.2) is 22.8 Å². The van der Waals surface area contributed by atoms with E-state index in [1.165, 1.54) is 4.90 Å². The minimum Gasteiger partial charge on any atom is -0.444 e. The first-order chi connectivity index (χ1) is 13.1. The number of hydrogen-bond acceptors (Lipinski definition) is 5. The number of rotatable bonds is 3. The van der Waals surface area contributed by atoms with Gasteiger partial charge in [-0.05, 0) is 44.9 Å². The Bertz CT molecular complexity index is 871. The van der Waals surface area contributed by atoms with Crippen molar-refractivity contribution in [1.29, 1.82) is 0 Å². The first kappa shape index (κ1) is 20.8. The molecule has 1 fully saturated rings. The summed E-state index contributed by atoms with van der Waals surface area (Å²) >= 11 is 3.51. The highest BCUT2D eigenvalue weighted by Gasteiger charge is 2.33. The van der Waals surface area contributed by atoms with E-state index in [4.69, 9.17) is 4.74 Å². The van der Waals surface area contributed by atoms with Gasteiger partial charge in [0.05, 0.1) is 12.1 Å². The number of benzene rings is 1. The van der Waals surface area contributed by atoms with E-state index in [1.54, 1.807) is 27.0 Å². The van der Waals surface area contributed by atoms with Gasteiger partial charge in [-0.3, -0.25) is 0 Å². The summed E-state index contributed by atoms with van der Waals surface area (Å²) in [5.41, 5.74) is 1.37. The summed E-state index contributed by atoms with van der Waals surface area (Å²) in [5.74, 6) is 0.438. The Morgan fingerprint density at radius 2 is 2.14 bits per heavy atom. The van der Waals surface area contributed by atoms with E-state index >= 15 is 0 Å². The van der Waals surface area contributed by atoms with Crippen molar-refractivity contribution in [3.8, 4) is 0 Å². The highest BCUT2D eigenvalue weighted by atomic mass is 79.9. The molecule has 28 heavy (non-hydrogen) atoms. The molecule has 0 aliphatic carbocycles. The first-order valence-corrected chi connectivity index (χ1v) is 10.3. The number of hydrogen-bond donors (Lipinski definition) is 1. The second-order valence-electron chi connectivity index (χ2n) is 8.11. The van der Waals surface area contributed by atoms with Gasteiger partial charge in [-0.25, -0.2) is 19.2 Å². The first-order valence-electron chi connectivity index (χ1n) is 9.48. The van der Waals surface area contributed by atoms with E-state index in [2.05, 4.69) is 38.1 Å². The summed E-state index contributed by atoms with van der Waals surface area (Å²) in [6.45, 7) is 7.85. The zero-order valence-electron chi connectivity index (χ0n) is 16.6. The van der Waals surface area contributed by atoms with Crippen molar-refractivity contribution in [1.82, 2.24) is 14.9 Å². The van der Waals surface area contributed by atoms with Crippen LogP contribution in [0.2, 0.25) is 0 Å². The Morgan fingerprint density at radius 3 is 2.82 bits per heavy atom. The van der Waals surface area contributed by atoms with E-state index < -0.39 is 17.9 Å². The van der Waals surface area contributed by atoms with Crippen LogP contribution < -0.4 is 5.32 Å². The van der Waals surface area contributed by atoms with E-state index in [0.717, 1.165) is 27.4 Å². The van der Waals surface area contributed by atoms with Crippen molar-refractivity contribution >= 4 is 38.9 Å². The topological polar surface area (TPSA) is 67.4 Å². The summed E-state index contributed by atoms with van der Waals surface area (Å²) in [6, 6.07) is 3.73. The molecule has 2 heterocycles. The lowest BCUT2D eigenvalue weighted by atomic mass is 10.0. The van der Waals surface area contributed by atoms with Crippen molar-refractivity contribution in [2.75, 3.05) is 18.4 Å². The number of aryl methyl sites for hydroxylation is 1. The number of carbonyl (C=O) groups excluding carboxylic acids is 1. The maximum absolute atomic E-state index is 14.3. The van der Waals surface area contributed by atoms with Gasteiger partial charge < -0.3 is 15.0 Å². The minimum atomic E-state index is -1.12. The zero-order chi connectivity index (χ0) is 20.5. The van der Waals surface area contributed by atoms with Gasteiger partial charge >= 0.3 is 6.09 Å². The lowest BCUT2D eigenvalue weighted by molar-refractivity contribution is 0.0124. The van der Waals surface area contributed by atoms with E-state index in [1.807, 2.05) is 12.1 Å². The van der Waals surface area contributed by atoms with Crippen molar-refractivity contribution in [2.45, 2.75) is 58.4 Å². The molecule has 1 aromatic carbocycles. The molecule has 1 aliphatic rings. The smallest absolute Gasteiger partial charge is 0.410 e. The van der Waals surface area contributed by atoms with Crippen LogP contribution in [-0.4, -0.2) is 51.9 Å². The number of alkyl halides is 1. The maximum atomic E-state index is 14.3. The number of piperidine rings is 1. The number of nitrogens with zero attached hydrogens (tertiary/aromatic N) is 3. The lowest BCUT2D eigenvalue weighted by Gasteiger charge is -2.36. The van der Waals surface area contributed by atoms with Crippen LogP contribution in [-0.2, 0) is 11.2 Å². The number of anilines is 1. The van der Waals surface area contributed by atoms with Gasteiger partial charge in [0, 0.05) is 35.1 Å². The number of nitrogens with one attached hydrogen (secondary N) is 1. The molecule has 1 N–H and O–H groups in total. The monoisotopic (exact) mass is 452 g/mol. The fraction of sp³-hybridized carbons (Fsp3) is 0.550. The molecule has 1 aromatic heterocycles. The van der Waals surface area contributed by atoms with Crippen molar-refractivity contribution < 1.29 is 13.9 Å². The number of fused-ring (bicyclic) bond motifs is 1. The Morgan fingerprint density at radius 1 is 1.39 bits per heavy atom. The Kier molecular flexibility index (Phi) is 6.07. The number of amides is 1. The molecule has 0 spiro atoms. The van der Waals surface area contributed by atoms with Gasteiger partial charge in [-0.2, -0.15) is 0 Å². The summed E-state index contributed by atoms with van der Waals surface area (Å²) in [4.78, 5) is 22.7.